The van der Waals surface area contributed by atoms with Crippen molar-refractivity contribution >= 4 is 11.4 Å². The van der Waals surface area contributed by atoms with E-state index in [2.05, 4.69) is 37.9 Å². The summed E-state index contributed by atoms with van der Waals surface area (Å²) in [7, 11) is 2.21. The Kier molecular flexibility index (Phi) is 4.15. The molecule has 0 atom stereocenters. The van der Waals surface area contributed by atoms with Gasteiger partial charge in [0.1, 0.15) is 0 Å². The van der Waals surface area contributed by atoms with Gasteiger partial charge in [-0.2, -0.15) is 0 Å². The number of nitrogens with two attached hydrogens (primary N) is 1. The first-order valence-electron chi connectivity index (χ1n) is 7.20. The van der Waals surface area contributed by atoms with Crippen molar-refractivity contribution < 1.29 is 0 Å². The fraction of sp³-hybridized carbons (Fsp3) is 0.625. The van der Waals surface area contributed by atoms with Crippen molar-refractivity contribution in [3.63, 3.8) is 0 Å². The molecule has 0 spiro atoms. The number of rotatable bonds is 3. The van der Waals surface area contributed by atoms with Gasteiger partial charge >= 0.3 is 0 Å². The first-order chi connectivity index (χ1) is 8.60. The van der Waals surface area contributed by atoms with Crippen LogP contribution in [-0.4, -0.2) is 13.1 Å². The minimum Gasteiger partial charge on any atom is -0.399 e. The van der Waals surface area contributed by atoms with Crippen LogP contribution in [-0.2, 0) is 0 Å². The normalized spacial score (nSPS) is 23.9. The third-order valence-corrected chi connectivity index (χ3v) is 4.43. The molecule has 0 radical (unpaired) electrons. The minimum absolute atomic E-state index is 0.689. The fourth-order valence-corrected chi connectivity index (χ4v) is 3.15. The molecular formula is C16H26N2. The van der Waals surface area contributed by atoms with Crippen LogP contribution < -0.4 is 10.6 Å². The van der Waals surface area contributed by atoms with E-state index in [0.717, 1.165) is 11.6 Å². The highest BCUT2D eigenvalue weighted by Crippen LogP contribution is 2.32. The molecule has 1 aromatic rings. The maximum absolute atomic E-state index is 5.94. The molecule has 0 amide bonds. The summed E-state index contributed by atoms with van der Waals surface area (Å²) in [6.07, 6.45) is 6.75. The van der Waals surface area contributed by atoms with Crippen LogP contribution >= 0.6 is 0 Å². The van der Waals surface area contributed by atoms with E-state index in [1.807, 2.05) is 6.07 Å². The Bertz CT molecular complexity index is 372. The van der Waals surface area contributed by atoms with Gasteiger partial charge in [0.15, 0.2) is 0 Å². The molecule has 0 heterocycles. The maximum atomic E-state index is 5.94. The SMILES string of the molecule is CCC1CCC(N(C)c2cc(C)cc(N)c2)CC1. The van der Waals surface area contributed by atoms with Crippen molar-refractivity contribution in [2.45, 2.75) is 52.0 Å². The molecule has 2 rings (SSSR count). The van der Waals surface area contributed by atoms with Gasteiger partial charge in [0.2, 0.25) is 0 Å². The molecule has 0 aliphatic heterocycles. The molecule has 18 heavy (non-hydrogen) atoms. The fourth-order valence-electron chi connectivity index (χ4n) is 3.15. The zero-order valence-corrected chi connectivity index (χ0v) is 11.9. The molecule has 1 fully saturated rings. The Labute approximate surface area is 111 Å². The number of hydrogen-bond donors (Lipinski definition) is 1. The Morgan fingerprint density at radius 3 is 2.39 bits per heavy atom. The van der Waals surface area contributed by atoms with Crippen LogP contribution in [0.4, 0.5) is 11.4 Å². The van der Waals surface area contributed by atoms with Gasteiger partial charge in [-0.25, -0.2) is 0 Å². The van der Waals surface area contributed by atoms with Gasteiger partial charge in [0.05, 0.1) is 0 Å². The highest BCUT2D eigenvalue weighted by molar-refractivity contribution is 5.58. The summed E-state index contributed by atoms with van der Waals surface area (Å²) >= 11 is 0. The second kappa shape index (κ2) is 5.64. The zero-order valence-electron chi connectivity index (χ0n) is 11.9. The third-order valence-electron chi connectivity index (χ3n) is 4.43. The van der Waals surface area contributed by atoms with E-state index in [4.69, 9.17) is 5.73 Å². The second-order valence-electron chi connectivity index (χ2n) is 5.80. The molecule has 0 aromatic heterocycles. The summed E-state index contributed by atoms with van der Waals surface area (Å²) in [4.78, 5) is 2.43. The highest BCUT2D eigenvalue weighted by Gasteiger charge is 2.23. The van der Waals surface area contributed by atoms with Crippen LogP contribution in [0.3, 0.4) is 0 Å². The summed E-state index contributed by atoms with van der Waals surface area (Å²) in [5.74, 6) is 0.956. The topological polar surface area (TPSA) is 29.3 Å². The van der Waals surface area contributed by atoms with Gasteiger partial charge in [0.25, 0.3) is 0 Å². The molecule has 1 saturated carbocycles. The van der Waals surface area contributed by atoms with Gasteiger partial charge in [-0.05, 0) is 62.3 Å². The van der Waals surface area contributed by atoms with Crippen molar-refractivity contribution in [2.75, 3.05) is 17.7 Å². The lowest BCUT2D eigenvalue weighted by atomic mass is 9.84. The molecular weight excluding hydrogens is 220 g/mol. The van der Waals surface area contributed by atoms with Gasteiger partial charge in [-0.15, -0.1) is 0 Å². The van der Waals surface area contributed by atoms with Gasteiger partial charge in [-0.3, -0.25) is 0 Å². The van der Waals surface area contributed by atoms with Crippen LogP contribution in [0.15, 0.2) is 18.2 Å². The van der Waals surface area contributed by atoms with Crippen molar-refractivity contribution in [2.24, 2.45) is 5.92 Å². The number of hydrogen-bond acceptors (Lipinski definition) is 2. The number of anilines is 2. The first kappa shape index (κ1) is 13.3. The number of nitrogens with zero attached hydrogens (tertiary/aromatic N) is 1. The van der Waals surface area contributed by atoms with Crippen LogP contribution in [0.2, 0.25) is 0 Å². The molecule has 2 nitrogen and oxygen atoms in total. The van der Waals surface area contributed by atoms with Crippen molar-refractivity contribution in [3.8, 4) is 0 Å². The smallest absolute Gasteiger partial charge is 0.0389 e. The summed E-state index contributed by atoms with van der Waals surface area (Å²) in [6.45, 7) is 4.43. The predicted octanol–water partition coefficient (Wildman–Crippen LogP) is 3.98. The average molecular weight is 246 g/mol. The molecule has 1 aliphatic rings. The molecule has 0 bridgehead atoms. The van der Waals surface area contributed by atoms with E-state index in [9.17, 15) is 0 Å². The van der Waals surface area contributed by atoms with Gasteiger partial charge in [-0.1, -0.05) is 13.3 Å². The Hall–Kier alpha value is -1.18. The van der Waals surface area contributed by atoms with Crippen molar-refractivity contribution in [1.29, 1.82) is 0 Å². The average Bonchev–Trinajstić information content (AvgIpc) is 2.37. The molecule has 1 aromatic carbocycles. The Morgan fingerprint density at radius 1 is 1.17 bits per heavy atom. The molecule has 2 heteroatoms. The van der Waals surface area contributed by atoms with Crippen LogP contribution in [0.5, 0.6) is 0 Å². The second-order valence-corrected chi connectivity index (χ2v) is 5.80. The number of nitrogen functional groups attached to an aromatic ring is 1. The van der Waals surface area contributed by atoms with Crippen molar-refractivity contribution in [3.05, 3.63) is 23.8 Å². The highest BCUT2D eigenvalue weighted by atomic mass is 15.1. The summed E-state index contributed by atoms with van der Waals surface area (Å²) in [6, 6.07) is 7.06. The van der Waals surface area contributed by atoms with Crippen LogP contribution in [0.1, 0.15) is 44.6 Å². The zero-order chi connectivity index (χ0) is 13.1. The quantitative estimate of drug-likeness (QED) is 0.817. The van der Waals surface area contributed by atoms with E-state index in [1.54, 1.807) is 0 Å². The lowest BCUT2D eigenvalue weighted by Gasteiger charge is -2.36. The summed E-state index contributed by atoms with van der Waals surface area (Å²) < 4.78 is 0. The molecule has 0 unspecified atom stereocenters. The molecule has 2 N–H and O–H groups in total. The van der Waals surface area contributed by atoms with Crippen LogP contribution in [0, 0.1) is 12.8 Å². The maximum Gasteiger partial charge on any atom is 0.0389 e. The van der Waals surface area contributed by atoms with E-state index in [-0.39, 0.29) is 0 Å². The Balaban J connectivity index is 2.05. The summed E-state index contributed by atoms with van der Waals surface area (Å²) in [5, 5.41) is 0. The van der Waals surface area contributed by atoms with Gasteiger partial charge < -0.3 is 10.6 Å². The number of aryl methyl sites for hydroxylation is 1. The lowest BCUT2D eigenvalue weighted by Crippen LogP contribution is -2.35. The Morgan fingerprint density at radius 2 is 1.83 bits per heavy atom. The lowest BCUT2D eigenvalue weighted by molar-refractivity contribution is 0.313. The minimum atomic E-state index is 0.689. The first-order valence-corrected chi connectivity index (χ1v) is 7.20. The monoisotopic (exact) mass is 246 g/mol. The molecule has 100 valence electrons. The molecule has 1 aliphatic carbocycles. The number of benzene rings is 1. The summed E-state index contributed by atoms with van der Waals surface area (Å²) in [5.41, 5.74) is 9.34. The predicted molar refractivity (Wildman–Crippen MR) is 80.0 cm³/mol. The van der Waals surface area contributed by atoms with Crippen LogP contribution in [0.25, 0.3) is 0 Å². The van der Waals surface area contributed by atoms with E-state index in [0.29, 0.717) is 6.04 Å². The standard InChI is InChI=1S/C16H26N2/c1-4-13-5-7-15(8-6-13)18(3)16-10-12(2)9-14(17)11-16/h9-11,13,15H,4-8,17H2,1-3H3. The van der Waals surface area contributed by atoms with Crippen molar-refractivity contribution in [1.82, 2.24) is 0 Å². The van der Waals surface area contributed by atoms with E-state index in [1.165, 1.54) is 43.4 Å². The largest absolute Gasteiger partial charge is 0.399 e. The molecule has 0 saturated heterocycles. The third kappa shape index (κ3) is 2.98. The van der Waals surface area contributed by atoms with E-state index >= 15 is 0 Å². The van der Waals surface area contributed by atoms with Gasteiger partial charge in [0, 0.05) is 24.5 Å². The van der Waals surface area contributed by atoms with E-state index < -0.39 is 0 Å².